The SMILES string of the molecule is CC1CCN(CC(=O)Nc2ccccc2Br)CC1. The Morgan fingerprint density at radius 1 is 1.39 bits per heavy atom. The fourth-order valence-corrected chi connectivity index (χ4v) is 2.56. The van der Waals surface area contributed by atoms with Crippen LogP contribution < -0.4 is 5.32 Å². The molecule has 2 rings (SSSR count). The molecular weight excluding hydrogens is 292 g/mol. The van der Waals surface area contributed by atoms with E-state index < -0.39 is 0 Å². The van der Waals surface area contributed by atoms with Crippen LogP contribution in [0.5, 0.6) is 0 Å². The van der Waals surface area contributed by atoms with Crippen LogP contribution in [0.4, 0.5) is 5.69 Å². The zero-order chi connectivity index (χ0) is 13.0. The lowest BCUT2D eigenvalue weighted by Gasteiger charge is -2.29. The first-order chi connectivity index (χ1) is 8.65. The molecule has 0 unspecified atom stereocenters. The largest absolute Gasteiger partial charge is 0.324 e. The summed E-state index contributed by atoms with van der Waals surface area (Å²) in [4.78, 5) is 14.2. The molecule has 0 spiro atoms. The van der Waals surface area contributed by atoms with Gasteiger partial charge in [0.1, 0.15) is 0 Å². The Labute approximate surface area is 117 Å². The second kappa shape index (κ2) is 6.34. The summed E-state index contributed by atoms with van der Waals surface area (Å²) in [6.07, 6.45) is 2.39. The summed E-state index contributed by atoms with van der Waals surface area (Å²) in [5.74, 6) is 0.865. The van der Waals surface area contributed by atoms with E-state index in [0.717, 1.165) is 29.2 Å². The first-order valence-corrected chi connectivity index (χ1v) is 7.21. The summed E-state index contributed by atoms with van der Waals surface area (Å²) < 4.78 is 0.922. The second-order valence-corrected chi connectivity index (χ2v) is 5.84. The Bertz CT molecular complexity index is 414. The molecule has 98 valence electrons. The fourth-order valence-electron chi connectivity index (χ4n) is 2.18. The molecule has 0 saturated carbocycles. The number of nitrogens with one attached hydrogen (secondary N) is 1. The van der Waals surface area contributed by atoms with Crippen molar-refractivity contribution in [2.45, 2.75) is 19.8 Å². The zero-order valence-corrected chi connectivity index (χ0v) is 12.2. The van der Waals surface area contributed by atoms with Crippen molar-refractivity contribution in [3.8, 4) is 0 Å². The molecule has 1 saturated heterocycles. The molecule has 0 aromatic heterocycles. The number of anilines is 1. The third-order valence-corrected chi connectivity index (χ3v) is 4.08. The lowest BCUT2D eigenvalue weighted by molar-refractivity contribution is -0.117. The van der Waals surface area contributed by atoms with Crippen molar-refractivity contribution in [2.75, 3.05) is 25.0 Å². The Morgan fingerprint density at radius 2 is 2.06 bits per heavy atom. The van der Waals surface area contributed by atoms with Gasteiger partial charge in [0.15, 0.2) is 0 Å². The van der Waals surface area contributed by atoms with Crippen molar-refractivity contribution in [2.24, 2.45) is 5.92 Å². The fraction of sp³-hybridized carbons (Fsp3) is 0.500. The molecular formula is C14H19BrN2O. The van der Waals surface area contributed by atoms with E-state index in [-0.39, 0.29) is 5.91 Å². The first kappa shape index (κ1) is 13.6. The lowest BCUT2D eigenvalue weighted by Crippen LogP contribution is -2.38. The Kier molecular flexibility index (Phi) is 4.78. The highest BCUT2D eigenvalue weighted by molar-refractivity contribution is 9.10. The normalized spacial score (nSPS) is 17.7. The molecule has 1 aliphatic rings. The molecule has 1 fully saturated rings. The molecule has 0 radical (unpaired) electrons. The maximum atomic E-state index is 11.9. The number of para-hydroxylation sites is 1. The molecule has 1 aliphatic heterocycles. The standard InChI is InChI=1S/C14H19BrN2O/c1-11-6-8-17(9-7-11)10-14(18)16-13-5-3-2-4-12(13)15/h2-5,11H,6-10H2,1H3,(H,16,18). The number of nitrogens with zero attached hydrogens (tertiary/aromatic N) is 1. The zero-order valence-electron chi connectivity index (χ0n) is 10.7. The van der Waals surface area contributed by atoms with Gasteiger partial charge in [0.2, 0.25) is 5.91 Å². The number of carbonyl (C=O) groups is 1. The van der Waals surface area contributed by atoms with E-state index in [2.05, 4.69) is 33.1 Å². The second-order valence-electron chi connectivity index (χ2n) is 4.99. The van der Waals surface area contributed by atoms with Crippen molar-refractivity contribution < 1.29 is 4.79 Å². The van der Waals surface area contributed by atoms with Gasteiger partial charge in [-0.3, -0.25) is 9.69 Å². The van der Waals surface area contributed by atoms with E-state index >= 15 is 0 Å². The van der Waals surface area contributed by atoms with Crippen LogP contribution in [-0.4, -0.2) is 30.4 Å². The number of benzene rings is 1. The van der Waals surface area contributed by atoms with Gasteiger partial charge >= 0.3 is 0 Å². The monoisotopic (exact) mass is 310 g/mol. The Morgan fingerprint density at radius 3 is 2.72 bits per heavy atom. The number of rotatable bonds is 3. The molecule has 1 heterocycles. The maximum Gasteiger partial charge on any atom is 0.238 e. The summed E-state index contributed by atoms with van der Waals surface area (Å²) in [7, 11) is 0. The summed E-state index contributed by atoms with van der Waals surface area (Å²) in [6.45, 7) is 4.83. The third-order valence-electron chi connectivity index (χ3n) is 3.39. The molecule has 1 N–H and O–H groups in total. The summed E-state index contributed by atoms with van der Waals surface area (Å²) in [5.41, 5.74) is 0.841. The Balaban J connectivity index is 1.84. The van der Waals surface area contributed by atoms with Crippen molar-refractivity contribution in [1.82, 2.24) is 4.90 Å². The highest BCUT2D eigenvalue weighted by atomic mass is 79.9. The molecule has 1 amide bonds. The number of carbonyl (C=O) groups excluding carboxylic acids is 1. The van der Waals surface area contributed by atoms with Gasteiger partial charge in [0, 0.05) is 4.47 Å². The molecule has 3 nitrogen and oxygen atoms in total. The number of likely N-dealkylation sites (tertiary alicyclic amines) is 1. The first-order valence-electron chi connectivity index (χ1n) is 6.42. The van der Waals surface area contributed by atoms with Crippen LogP contribution in [0, 0.1) is 5.92 Å². The number of halogens is 1. The number of hydrogen-bond donors (Lipinski definition) is 1. The molecule has 0 atom stereocenters. The summed E-state index contributed by atoms with van der Waals surface area (Å²) >= 11 is 3.43. The number of piperidine rings is 1. The van der Waals surface area contributed by atoms with Crippen LogP contribution in [-0.2, 0) is 4.79 Å². The van der Waals surface area contributed by atoms with Crippen LogP contribution in [0.1, 0.15) is 19.8 Å². The van der Waals surface area contributed by atoms with E-state index in [1.165, 1.54) is 12.8 Å². The van der Waals surface area contributed by atoms with E-state index in [9.17, 15) is 4.79 Å². The van der Waals surface area contributed by atoms with Gasteiger partial charge < -0.3 is 5.32 Å². The van der Waals surface area contributed by atoms with Gasteiger partial charge in [0.05, 0.1) is 12.2 Å². The summed E-state index contributed by atoms with van der Waals surface area (Å²) in [5, 5.41) is 2.94. The van der Waals surface area contributed by atoms with Crippen molar-refractivity contribution >= 4 is 27.5 Å². The van der Waals surface area contributed by atoms with Gasteiger partial charge in [-0.25, -0.2) is 0 Å². The molecule has 0 aliphatic carbocycles. The minimum atomic E-state index is 0.0662. The van der Waals surface area contributed by atoms with Gasteiger partial charge in [-0.2, -0.15) is 0 Å². The topological polar surface area (TPSA) is 32.3 Å². The van der Waals surface area contributed by atoms with Crippen LogP contribution >= 0.6 is 15.9 Å². The van der Waals surface area contributed by atoms with E-state index in [0.29, 0.717) is 6.54 Å². The third kappa shape index (κ3) is 3.82. The van der Waals surface area contributed by atoms with Crippen LogP contribution in [0.2, 0.25) is 0 Å². The minimum absolute atomic E-state index is 0.0662. The maximum absolute atomic E-state index is 11.9. The lowest BCUT2D eigenvalue weighted by atomic mass is 9.99. The van der Waals surface area contributed by atoms with Gasteiger partial charge in [-0.05, 0) is 59.9 Å². The van der Waals surface area contributed by atoms with Crippen LogP contribution in [0.3, 0.4) is 0 Å². The van der Waals surface area contributed by atoms with Gasteiger partial charge in [-0.15, -0.1) is 0 Å². The average Bonchev–Trinajstić information content (AvgIpc) is 2.35. The molecule has 1 aromatic carbocycles. The predicted molar refractivity (Wildman–Crippen MR) is 77.6 cm³/mol. The molecule has 4 heteroatoms. The highest BCUT2D eigenvalue weighted by Gasteiger charge is 2.18. The molecule has 0 bridgehead atoms. The van der Waals surface area contributed by atoms with E-state index in [1.807, 2.05) is 24.3 Å². The summed E-state index contributed by atoms with van der Waals surface area (Å²) in [6, 6.07) is 7.69. The number of amides is 1. The smallest absolute Gasteiger partial charge is 0.238 e. The molecule has 1 aromatic rings. The quantitative estimate of drug-likeness (QED) is 0.930. The van der Waals surface area contributed by atoms with Crippen LogP contribution in [0.15, 0.2) is 28.7 Å². The average molecular weight is 311 g/mol. The van der Waals surface area contributed by atoms with Gasteiger partial charge in [0.25, 0.3) is 0 Å². The van der Waals surface area contributed by atoms with E-state index in [4.69, 9.17) is 0 Å². The Hall–Kier alpha value is -0.870. The van der Waals surface area contributed by atoms with Crippen molar-refractivity contribution in [3.63, 3.8) is 0 Å². The molecule has 18 heavy (non-hydrogen) atoms. The highest BCUT2D eigenvalue weighted by Crippen LogP contribution is 2.21. The predicted octanol–water partition coefficient (Wildman–Crippen LogP) is 3.12. The van der Waals surface area contributed by atoms with Crippen molar-refractivity contribution in [3.05, 3.63) is 28.7 Å². The number of hydrogen-bond acceptors (Lipinski definition) is 2. The van der Waals surface area contributed by atoms with Crippen molar-refractivity contribution in [1.29, 1.82) is 0 Å². The minimum Gasteiger partial charge on any atom is -0.324 e. The van der Waals surface area contributed by atoms with Gasteiger partial charge in [-0.1, -0.05) is 19.1 Å². The van der Waals surface area contributed by atoms with E-state index in [1.54, 1.807) is 0 Å². The van der Waals surface area contributed by atoms with Crippen LogP contribution in [0.25, 0.3) is 0 Å².